The number of benzene rings is 8. The SMILES string of the molecule is [Ir].[c-]1cc2c(ccc3c4ccccc4ccc23)cc1-c1nnc(-c2ccc3c(ccc4c5ccccc5ccc34)c2)nn1. The monoisotopic (exact) mass is 726 g/mol. The van der Waals surface area contributed by atoms with Gasteiger partial charge >= 0.3 is 0 Å². The van der Waals surface area contributed by atoms with Crippen molar-refractivity contribution < 1.29 is 20.1 Å². The van der Waals surface area contributed by atoms with Crippen molar-refractivity contribution in [1.82, 2.24) is 20.4 Å². The molecule has 1 heterocycles. The van der Waals surface area contributed by atoms with Gasteiger partial charge in [-0.15, -0.1) is 39.3 Å². The number of fused-ring (bicyclic) bond motifs is 10. The summed E-state index contributed by atoms with van der Waals surface area (Å²) in [7, 11) is 0. The van der Waals surface area contributed by atoms with Crippen LogP contribution >= 0.6 is 0 Å². The third-order valence-electron chi connectivity index (χ3n) is 8.39. The van der Waals surface area contributed by atoms with Crippen LogP contribution in [0.4, 0.5) is 0 Å². The van der Waals surface area contributed by atoms with Crippen molar-refractivity contribution in [1.29, 1.82) is 0 Å². The molecule has 4 nitrogen and oxygen atoms in total. The van der Waals surface area contributed by atoms with Crippen LogP contribution in [0.1, 0.15) is 0 Å². The van der Waals surface area contributed by atoms with Crippen LogP contribution in [0.2, 0.25) is 0 Å². The Morgan fingerprint density at radius 1 is 0.372 bits per heavy atom. The molecule has 5 heteroatoms. The standard InChI is InChI=1S/C38H21N4.Ir/c1-3-7-29-23(5-1)9-17-35-31-15-13-27(21-25(31)11-19-33(29)35)37-39-41-38(42-40-37)28-14-16-32-26(22-28)12-20-34-30-8-4-2-6-24(30)10-18-36(32)34;/h1-13,15-22H;/q-1;. The summed E-state index contributed by atoms with van der Waals surface area (Å²) >= 11 is 0. The number of hydrogen-bond acceptors (Lipinski definition) is 4. The molecule has 43 heavy (non-hydrogen) atoms. The van der Waals surface area contributed by atoms with E-state index in [2.05, 4.69) is 142 Å². The third kappa shape index (κ3) is 4.09. The summed E-state index contributed by atoms with van der Waals surface area (Å²) in [6.07, 6.45) is 0. The van der Waals surface area contributed by atoms with Crippen LogP contribution < -0.4 is 0 Å². The molecule has 0 spiro atoms. The summed E-state index contributed by atoms with van der Waals surface area (Å²) in [5, 5.41) is 32.3. The Hall–Kier alpha value is -5.09. The number of rotatable bonds is 2. The molecule has 0 fully saturated rings. The van der Waals surface area contributed by atoms with Gasteiger partial charge in [0, 0.05) is 25.7 Å². The zero-order chi connectivity index (χ0) is 27.6. The second kappa shape index (κ2) is 10.0. The molecule has 1 radical (unpaired) electrons. The second-order valence-electron chi connectivity index (χ2n) is 10.7. The van der Waals surface area contributed by atoms with Crippen LogP contribution in [0.15, 0.2) is 127 Å². The smallest absolute Gasteiger partial charge is 0.177 e. The molecule has 0 unspecified atom stereocenters. The third-order valence-corrected chi connectivity index (χ3v) is 8.39. The van der Waals surface area contributed by atoms with Crippen molar-refractivity contribution in [3.63, 3.8) is 0 Å². The predicted molar refractivity (Wildman–Crippen MR) is 172 cm³/mol. The molecule has 1 aromatic heterocycles. The van der Waals surface area contributed by atoms with Crippen molar-refractivity contribution >= 4 is 64.6 Å². The summed E-state index contributed by atoms with van der Waals surface area (Å²) in [5.74, 6) is 0.954. The van der Waals surface area contributed by atoms with Gasteiger partial charge in [0.05, 0.1) is 0 Å². The number of nitrogens with zero attached hydrogens (tertiary/aromatic N) is 4. The van der Waals surface area contributed by atoms with Crippen molar-refractivity contribution in [2.24, 2.45) is 0 Å². The first-order chi connectivity index (χ1) is 20.8. The van der Waals surface area contributed by atoms with Gasteiger partial charge in [-0.2, -0.15) is 10.2 Å². The molecule has 9 rings (SSSR count). The molecule has 203 valence electrons. The molecule has 0 amide bonds. The molecule has 0 N–H and O–H groups in total. The first-order valence-electron chi connectivity index (χ1n) is 14.0. The van der Waals surface area contributed by atoms with Gasteiger partial charge in [0.2, 0.25) is 5.82 Å². The fourth-order valence-electron chi connectivity index (χ4n) is 6.31. The summed E-state index contributed by atoms with van der Waals surface area (Å²) in [6.45, 7) is 0. The van der Waals surface area contributed by atoms with Gasteiger partial charge in [-0.25, -0.2) is 0 Å². The Labute approximate surface area is 260 Å². The normalized spacial score (nSPS) is 11.5. The van der Waals surface area contributed by atoms with Crippen molar-refractivity contribution in [2.75, 3.05) is 0 Å². The molecule has 0 aliphatic carbocycles. The molecule has 9 aromatic rings. The van der Waals surface area contributed by atoms with E-state index in [0.29, 0.717) is 11.6 Å². The molecule has 8 aromatic carbocycles. The summed E-state index contributed by atoms with van der Waals surface area (Å²) in [4.78, 5) is 0. The average molecular weight is 726 g/mol. The van der Waals surface area contributed by atoms with Gasteiger partial charge in [-0.3, -0.25) is 0 Å². The van der Waals surface area contributed by atoms with Crippen LogP contribution in [-0.2, 0) is 20.1 Å². The topological polar surface area (TPSA) is 51.6 Å². The van der Waals surface area contributed by atoms with Gasteiger partial charge in [-0.1, -0.05) is 120 Å². The van der Waals surface area contributed by atoms with E-state index in [-0.39, 0.29) is 20.1 Å². The molecule has 0 saturated carbocycles. The van der Waals surface area contributed by atoms with Gasteiger partial charge in [0.15, 0.2) is 0 Å². The zero-order valence-electron chi connectivity index (χ0n) is 22.7. The summed E-state index contributed by atoms with van der Waals surface area (Å²) in [5.41, 5.74) is 1.65. The molecule has 0 aliphatic heterocycles. The van der Waals surface area contributed by atoms with E-state index in [4.69, 9.17) is 0 Å². The molecular formula is C38H21IrN4-. The van der Waals surface area contributed by atoms with E-state index in [9.17, 15) is 0 Å². The van der Waals surface area contributed by atoms with Gasteiger partial charge in [0.1, 0.15) is 5.82 Å². The van der Waals surface area contributed by atoms with E-state index in [1.807, 2.05) is 12.1 Å². The molecule has 0 saturated heterocycles. The Bertz CT molecular complexity index is 2350. The van der Waals surface area contributed by atoms with Crippen LogP contribution in [0.5, 0.6) is 0 Å². The minimum atomic E-state index is 0. The predicted octanol–water partition coefficient (Wildman–Crippen LogP) is 9.32. The van der Waals surface area contributed by atoms with E-state index >= 15 is 0 Å². The molecule has 0 atom stereocenters. The molecule has 0 bridgehead atoms. The van der Waals surface area contributed by atoms with E-state index < -0.39 is 0 Å². The largest absolute Gasteiger partial charge is 0.201 e. The van der Waals surface area contributed by atoms with Crippen molar-refractivity contribution in [3.8, 4) is 22.8 Å². The average Bonchev–Trinajstić information content (AvgIpc) is 3.07. The number of hydrogen-bond donors (Lipinski definition) is 0. The summed E-state index contributed by atoms with van der Waals surface area (Å²) < 4.78 is 0. The quantitative estimate of drug-likeness (QED) is 0.132. The molecule has 0 aliphatic rings. The van der Waals surface area contributed by atoms with Crippen LogP contribution in [-0.4, -0.2) is 20.4 Å². The minimum absolute atomic E-state index is 0. The second-order valence-corrected chi connectivity index (χ2v) is 10.7. The van der Waals surface area contributed by atoms with Crippen LogP contribution in [0, 0.1) is 6.07 Å². The van der Waals surface area contributed by atoms with E-state index in [1.54, 1.807) is 0 Å². The van der Waals surface area contributed by atoms with Crippen LogP contribution in [0.3, 0.4) is 0 Å². The summed E-state index contributed by atoms with van der Waals surface area (Å²) in [6, 6.07) is 48.2. The van der Waals surface area contributed by atoms with Gasteiger partial charge in [0.25, 0.3) is 0 Å². The van der Waals surface area contributed by atoms with E-state index in [1.165, 1.54) is 48.5 Å². The van der Waals surface area contributed by atoms with Crippen molar-refractivity contribution in [2.45, 2.75) is 0 Å². The Kier molecular flexibility index (Phi) is 5.97. The Balaban J connectivity index is 0.00000278. The first kappa shape index (κ1) is 25.6. The van der Waals surface area contributed by atoms with E-state index in [0.717, 1.165) is 27.3 Å². The fraction of sp³-hybridized carbons (Fsp3) is 0. The fourth-order valence-corrected chi connectivity index (χ4v) is 6.31. The Morgan fingerprint density at radius 3 is 1.47 bits per heavy atom. The van der Waals surface area contributed by atoms with Crippen LogP contribution in [0.25, 0.3) is 87.4 Å². The first-order valence-corrected chi connectivity index (χ1v) is 14.0. The minimum Gasteiger partial charge on any atom is -0.177 e. The van der Waals surface area contributed by atoms with Gasteiger partial charge < -0.3 is 0 Å². The number of aromatic nitrogens is 4. The maximum absolute atomic E-state index is 4.46. The maximum Gasteiger partial charge on any atom is 0.201 e. The Morgan fingerprint density at radius 2 is 0.837 bits per heavy atom. The maximum atomic E-state index is 4.46. The molecular weight excluding hydrogens is 705 g/mol. The zero-order valence-corrected chi connectivity index (χ0v) is 25.1. The van der Waals surface area contributed by atoms with Crippen molar-refractivity contribution in [3.05, 3.63) is 133 Å². The van der Waals surface area contributed by atoms with Gasteiger partial charge in [-0.05, 0) is 54.5 Å².